The molecule has 154 valence electrons. The Kier molecular flexibility index (Phi) is 6.40. The molecule has 2 N–H and O–H groups in total. The molecule has 0 saturated heterocycles. The summed E-state index contributed by atoms with van der Waals surface area (Å²) in [5, 5.41) is 2.74. The maximum Gasteiger partial charge on any atom is 0.254 e. The van der Waals surface area contributed by atoms with E-state index in [0.717, 1.165) is 17.3 Å². The van der Waals surface area contributed by atoms with Crippen LogP contribution in [0.5, 0.6) is 0 Å². The molecule has 1 fully saturated rings. The third-order valence-corrected chi connectivity index (χ3v) is 6.73. The van der Waals surface area contributed by atoms with Crippen LogP contribution in [-0.4, -0.2) is 44.8 Å². The molecule has 9 heteroatoms. The summed E-state index contributed by atoms with van der Waals surface area (Å²) in [4.78, 5) is 26.5. The minimum Gasteiger partial charge on any atom is -0.332 e. The van der Waals surface area contributed by atoms with Gasteiger partial charge in [0.1, 0.15) is 0 Å². The lowest BCUT2D eigenvalue weighted by atomic mass is 10.1. The fourth-order valence-electron chi connectivity index (χ4n) is 2.73. The topological polar surface area (TPSA) is 95.6 Å². The average Bonchev–Trinajstić information content (AvgIpc) is 3.46. The van der Waals surface area contributed by atoms with E-state index in [1.165, 1.54) is 24.1 Å². The van der Waals surface area contributed by atoms with Crippen molar-refractivity contribution in [2.75, 3.05) is 18.9 Å². The summed E-state index contributed by atoms with van der Waals surface area (Å²) in [5.74, 6) is -0.780. The zero-order chi connectivity index (χ0) is 21.2. The summed E-state index contributed by atoms with van der Waals surface area (Å²) < 4.78 is 28.2. The van der Waals surface area contributed by atoms with E-state index in [4.69, 9.17) is 0 Å². The van der Waals surface area contributed by atoms with Gasteiger partial charge in [-0.3, -0.25) is 9.59 Å². The van der Waals surface area contributed by atoms with Crippen LogP contribution in [0.15, 0.2) is 51.8 Å². The second kappa shape index (κ2) is 8.64. The number of hydrogen-bond donors (Lipinski definition) is 2. The summed E-state index contributed by atoms with van der Waals surface area (Å²) in [6, 6.07) is 11.6. The van der Waals surface area contributed by atoms with Gasteiger partial charge < -0.3 is 10.2 Å². The fraction of sp³-hybridized carbons (Fsp3) is 0.300. The average molecular weight is 480 g/mol. The van der Waals surface area contributed by atoms with Crippen molar-refractivity contribution in [3.63, 3.8) is 0 Å². The van der Waals surface area contributed by atoms with Crippen LogP contribution < -0.4 is 10.0 Å². The second-order valence-electron chi connectivity index (χ2n) is 7.06. The van der Waals surface area contributed by atoms with E-state index >= 15 is 0 Å². The maximum atomic E-state index is 12.9. The smallest absolute Gasteiger partial charge is 0.254 e. The Hall–Kier alpha value is -2.23. The van der Waals surface area contributed by atoms with Gasteiger partial charge in [0.2, 0.25) is 15.9 Å². The van der Waals surface area contributed by atoms with Crippen LogP contribution in [0.1, 0.15) is 28.8 Å². The van der Waals surface area contributed by atoms with Crippen molar-refractivity contribution in [2.45, 2.75) is 30.7 Å². The molecule has 3 rings (SSSR count). The number of rotatable bonds is 7. The van der Waals surface area contributed by atoms with Gasteiger partial charge in [-0.25, -0.2) is 13.1 Å². The molecule has 2 aromatic rings. The lowest BCUT2D eigenvalue weighted by Crippen LogP contribution is -2.35. The van der Waals surface area contributed by atoms with E-state index in [1.807, 2.05) is 6.07 Å². The van der Waals surface area contributed by atoms with E-state index in [1.54, 1.807) is 31.2 Å². The van der Waals surface area contributed by atoms with Gasteiger partial charge in [0.05, 0.1) is 17.1 Å². The summed E-state index contributed by atoms with van der Waals surface area (Å²) in [5.41, 5.74) is 1.49. The van der Waals surface area contributed by atoms with Crippen molar-refractivity contribution >= 4 is 43.5 Å². The number of nitrogens with one attached hydrogen (secondary N) is 2. The van der Waals surface area contributed by atoms with Crippen molar-refractivity contribution in [3.05, 3.63) is 58.1 Å². The largest absolute Gasteiger partial charge is 0.332 e. The first kappa shape index (κ1) is 21.5. The van der Waals surface area contributed by atoms with Gasteiger partial charge in [0.15, 0.2) is 0 Å². The highest BCUT2D eigenvalue weighted by Crippen LogP contribution is 2.24. The van der Waals surface area contributed by atoms with Crippen LogP contribution in [0.3, 0.4) is 0 Å². The van der Waals surface area contributed by atoms with Crippen LogP contribution in [0, 0.1) is 6.92 Å². The van der Waals surface area contributed by atoms with E-state index in [9.17, 15) is 18.0 Å². The summed E-state index contributed by atoms with van der Waals surface area (Å²) >= 11 is 3.36. The van der Waals surface area contributed by atoms with Gasteiger partial charge in [-0.15, -0.1) is 0 Å². The highest BCUT2D eigenvalue weighted by atomic mass is 79.9. The molecule has 0 aliphatic heterocycles. The lowest BCUT2D eigenvalue weighted by Gasteiger charge is -2.19. The molecule has 0 heterocycles. The molecular formula is C20H22BrN3O4S. The van der Waals surface area contributed by atoms with E-state index in [2.05, 4.69) is 26.0 Å². The first-order valence-corrected chi connectivity index (χ1v) is 11.4. The van der Waals surface area contributed by atoms with Crippen LogP contribution in [0.4, 0.5) is 5.69 Å². The number of amides is 2. The Morgan fingerprint density at radius 2 is 1.86 bits per heavy atom. The molecule has 2 amide bonds. The molecule has 2 aromatic carbocycles. The number of benzene rings is 2. The van der Waals surface area contributed by atoms with Crippen LogP contribution >= 0.6 is 15.9 Å². The number of likely N-dealkylation sites (N-methyl/N-ethyl adjacent to an activating group) is 1. The Balaban J connectivity index is 1.72. The van der Waals surface area contributed by atoms with Crippen LogP contribution in [0.25, 0.3) is 0 Å². The maximum absolute atomic E-state index is 12.9. The predicted octanol–water partition coefficient (Wildman–Crippen LogP) is 2.91. The van der Waals surface area contributed by atoms with Crippen molar-refractivity contribution in [2.24, 2.45) is 0 Å². The monoisotopic (exact) mass is 479 g/mol. The molecule has 0 spiro atoms. The number of halogens is 1. The van der Waals surface area contributed by atoms with E-state index in [-0.39, 0.29) is 29.0 Å². The minimum absolute atomic E-state index is 0.0239. The standard InChI is InChI=1S/C20H22BrN3O4S/c1-13-7-10-15(29(27,28)23-14-8-9-14)11-16(13)20(26)24(2)12-19(25)22-18-6-4-3-5-17(18)21/h3-7,10-11,14,23H,8-9,12H2,1-2H3,(H,22,25). The van der Waals surface area contributed by atoms with Gasteiger partial charge in [0, 0.05) is 23.1 Å². The molecule has 0 atom stereocenters. The number of carbonyl (C=O) groups excluding carboxylic acids is 2. The molecular weight excluding hydrogens is 458 g/mol. The normalized spacial score (nSPS) is 13.8. The Morgan fingerprint density at radius 3 is 2.52 bits per heavy atom. The van der Waals surface area contributed by atoms with E-state index < -0.39 is 15.9 Å². The highest BCUT2D eigenvalue weighted by Gasteiger charge is 2.29. The molecule has 7 nitrogen and oxygen atoms in total. The first-order chi connectivity index (χ1) is 13.7. The van der Waals surface area contributed by atoms with Crippen molar-refractivity contribution in [3.8, 4) is 0 Å². The van der Waals surface area contributed by atoms with Gasteiger partial charge in [-0.05, 0) is 65.5 Å². The number of sulfonamides is 1. The van der Waals surface area contributed by atoms with Gasteiger partial charge in [-0.2, -0.15) is 0 Å². The second-order valence-corrected chi connectivity index (χ2v) is 9.63. The van der Waals surface area contributed by atoms with Gasteiger partial charge >= 0.3 is 0 Å². The molecule has 0 bridgehead atoms. The van der Waals surface area contributed by atoms with Crippen molar-refractivity contribution < 1.29 is 18.0 Å². The highest BCUT2D eigenvalue weighted by molar-refractivity contribution is 9.10. The molecule has 1 aliphatic rings. The number of nitrogens with zero attached hydrogens (tertiary/aromatic N) is 1. The summed E-state index contributed by atoms with van der Waals surface area (Å²) in [6.45, 7) is 1.56. The summed E-state index contributed by atoms with van der Waals surface area (Å²) in [7, 11) is -2.16. The van der Waals surface area contributed by atoms with Gasteiger partial charge in [-0.1, -0.05) is 18.2 Å². The zero-order valence-electron chi connectivity index (χ0n) is 16.1. The predicted molar refractivity (Wildman–Crippen MR) is 114 cm³/mol. The van der Waals surface area contributed by atoms with Crippen molar-refractivity contribution in [1.82, 2.24) is 9.62 Å². The van der Waals surface area contributed by atoms with E-state index in [0.29, 0.717) is 11.3 Å². The van der Waals surface area contributed by atoms with Gasteiger partial charge in [0.25, 0.3) is 5.91 Å². The first-order valence-electron chi connectivity index (χ1n) is 9.10. The minimum atomic E-state index is -3.67. The number of para-hydroxylation sites is 1. The SMILES string of the molecule is Cc1ccc(S(=O)(=O)NC2CC2)cc1C(=O)N(C)CC(=O)Nc1ccccc1Br. The third-order valence-electron chi connectivity index (χ3n) is 4.52. The zero-order valence-corrected chi connectivity index (χ0v) is 18.5. The third kappa shape index (κ3) is 5.43. The molecule has 0 aromatic heterocycles. The number of carbonyl (C=O) groups is 2. The lowest BCUT2D eigenvalue weighted by molar-refractivity contribution is -0.116. The number of aryl methyl sites for hydroxylation is 1. The molecule has 0 radical (unpaired) electrons. The molecule has 1 aliphatic carbocycles. The Bertz CT molecular complexity index is 1050. The summed E-state index contributed by atoms with van der Waals surface area (Å²) in [6.07, 6.45) is 1.65. The Labute approximate surface area is 178 Å². The van der Waals surface area contributed by atoms with Crippen LogP contribution in [0.2, 0.25) is 0 Å². The molecule has 1 saturated carbocycles. The number of hydrogen-bond acceptors (Lipinski definition) is 4. The number of anilines is 1. The van der Waals surface area contributed by atoms with Crippen LogP contribution in [-0.2, 0) is 14.8 Å². The quantitative estimate of drug-likeness (QED) is 0.637. The van der Waals surface area contributed by atoms with Crippen molar-refractivity contribution in [1.29, 1.82) is 0 Å². The fourth-order valence-corrected chi connectivity index (χ4v) is 4.45. The molecule has 0 unspecified atom stereocenters. The Morgan fingerprint density at radius 1 is 1.17 bits per heavy atom. The molecule has 29 heavy (non-hydrogen) atoms.